The molecule has 0 spiro atoms. The Kier molecular flexibility index (Phi) is 7.94. The Morgan fingerprint density at radius 1 is 1.00 bits per heavy atom. The van der Waals surface area contributed by atoms with Gasteiger partial charge in [-0.3, -0.25) is 20.4 Å². The molecule has 27 heavy (non-hydrogen) atoms. The molecule has 0 heterocycles. The fourth-order valence-corrected chi connectivity index (χ4v) is 2.85. The van der Waals surface area contributed by atoms with Gasteiger partial charge in [-0.05, 0) is 55.8 Å². The van der Waals surface area contributed by atoms with Crippen LogP contribution in [0.5, 0.6) is 11.5 Å². The van der Waals surface area contributed by atoms with E-state index in [4.69, 9.17) is 21.1 Å². The fraction of sp³-hybridized carbons (Fsp3) is 0.263. The third-order valence-corrected chi connectivity index (χ3v) is 4.48. The van der Waals surface area contributed by atoms with Crippen molar-refractivity contribution >= 4 is 39.3 Å². The van der Waals surface area contributed by atoms with E-state index in [-0.39, 0.29) is 12.3 Å². The van der Waals surface area contributed by atoms with Crippen molar-refractivity contribution in [3.05, 3.63) is 57.0 Å². The lowest BCUT2D eigenvalue weighted by atomic mass is 10.1. The van der Waals surface area contributed by atoms with Crippen LogP contribution in [-0.2, 0) is 11.2 Å². The first-order valence-corrected chi connectivity index (χ1v) is 9.54. The standard InChI is InChI=1S/C19H20BrClN2O4/c1-3-26-16-9-13(15(20)11-17(16)27-4-2)10-18(24)22-23-19(25)12-5-7-14(21)8-6-12/h5-9,11H,3-4,10H2,1-2H3,(H,22,24)(H,23,25). The van der Waals surface area contributed by atoms with Gasteiger partial charge in [0.25, 0.3) is 5.91 Å². The Balaban J connectivity index is 2.01. The normalized spacial score (nSPS) is 10.2. The second-order valence-electron chi connectivity index (χ2n) is 5.44. The van der Waals surface area contributed by atoms with Gasteiger partial charge in [-0.15, -0.1) is 0 Å². The van der Waals surface area contributed by atoms with Crippen LogP contribution in [0.25, 0.3) is 0 Å². The molecule has 6 nitrogen and oxygen atoms in total. The third kappa shape index (κ3) is 6.15. The number of hydrazine groups is 1. The molecule has 144 valence electrons. The van der Waals surface area contributed by atoms with Crippen LogP contribution in [0.3, 0.4) is 0 Å². The Labute approximate surface area is 171 Å². The zero-order chi connectivity index (χ0) is 19.8. The molecule has 0 aromatic heterocycles. The summed E-state index contributed by atoms with van der Waals surface area (Å²) >= 11 is 9.23. The SMILES string of the molecule is CCOc1cc(Br)c(CC(=O)NNC(=O)c2ccc(Cl)cc2)cc1OCC. The molecule has 0 atom stereocenters. The monoisotopic (exact) mass is 454 g/mol. The highest BCUT2D eigenvalue weighted by Gasteiger charge is 2.14. The summed E-state index contributed by atoms with van der Waals surface area (Å²) in [6.07, 6.45) is 0.0496. The van der Waals surface area contributed by atoms with Gasteiger partial charge in [-0.1, -0.05) is 27.5 Å². The topological polar surface area (TPSA) is 76.7 Å². The van der Waals surface area contributed by atoms with Crippen LogP contribution in [-0.4, -0.2) is 25.0 Å². The van der Waals surface area contributed by atoms with Crippen LogP contribution in [0.15, 0.2) is 40.9 Å². The van der Waals surface area contributed by atoms with Crippen LogP contribution in [0.2, 0.25) is 5.02 Å². The molecule has 2 amide bonds. The lowest BCUT2D eigenvalue weighted by molar-refractivity contribution is -0.121. The van der Waals surface area contributed by atoms with Crippen molar-refractivity contribution in [1.82, 2.24) is 10.9 Å². The molecule has 2 rings (SSSR count). The van der Waals surface area contributed by atoms with Gasteiger partial charge in [0.2, 0.25) is 5.91 Å². The number of nitrogens with one attached hydrogen (secondary N) is 2. The van der Waals surface area contributed by atoms with Gasteiger partial charge in [-0.25, -0.2) is 0 Å². The molecule has 0 saturated heterocycles. The van der Waals surface area contributed by atoms with E-state index in [1.165, 1.54) is 0 Å². The lowest BCUT2D eigenvalue weighted by Crippen LogP contribution is -2.42. The smallest absolute Gasteiger partial charge is 0.269 e. The molecule has 0 radical (unpaired) electrons. The molecule has 0 aliphatic heterocycles. The predicted octanol–water partition coefficient (Wildman–Crippen LogP) is 3.90. The number of ether oxygens (including phenoxy) is 2. The highest BCUT2D eigenvalue weighted by Crippen LogP contribution is 2.34. The van der Waals surface area contributed by atoms with E-state index < -0.39 is 5.91 Å². The van der Waals surface area contributed by atoms with E-state index in [9.17, 15) is 9.59 Å². The average molecular weight is 456 g/mol. The van der Waals surface area contributed by atoms with Crippen molar-refractivity contribution < 1.29 is 19.1 Å². The number of hydrogen-bond donors (Lipinski definition) is 2. The largest absolute Gasteiger partial charge is 0.490 e. The fourth-order valence-electron chi connectivity index (χ4n) is 2.27. The maximum absolute atomic E-state index is 12.2. The summed E-state index contributed by atoms with van der Waals surface area (Å²) in [6.45, 7) is 4.73. The van der Waals surface area contributed by atoms with Gasteiger partial charge < -0.3 is 9.47 Å². The van der Waals surface area contributed by atoms with Crippen LogP contribution in [0, 0.1) is 0 Å². The van der Waals surface area contributed by atoms with Crippen molar-refractivity contribution in [3.8, 4) is 11.5 Å². The van der Waals surface area contributed by atoms with Crippen LogP contribution in [0.1, 0.15) is 29.8 Å². The minimum atomic E-state index is -0.430. The highest BCUT2D eigenvalue weighted by molar-refractivity contribution is 9.10. The summed E-state index contributed by atoms with van der Waals surface area (Å²) in [5, 5.41) is 0.529. The summed E-state index contributed by atoms with van der Waals surface area (Å²) < 4.78 is 11.8. The second kappa shape index (κ2) is 10.2. The molecule has 2 N–H and O–H groups in total. The number of carbonyl (C=O) groups excluding carboxylic acids is 2. The summed E-state index contributed by atoms with van der Waals surface area (Å²) in [4.78, 5) is 24.2. The molecule has 0 bridgehead atoms. The van der Waals surface area contributed by atoms with Crippen molar-refractivity contribution in [2.75, 3.05) is 13.2 Å². The number of rotatable bonds is 7. The van der Waals surface area contributed by atoms with E-state index in [1.807, 2.05) is 13.8 Å². The molecule has 2 aromatic carbocycles. The molecule has 0 aliphatic rings. The summed E-state index contributed by atoms with van der Waals surface area (Å²) in [5.74, 6) is 0.368. The number of benzene rings is 2. The van der Waals surface area contributed by atoms with E-state index in [0.29, 0.717) is 45.3 Å². The minimum Gasteiger partial charge on any atom is -0.490 e. The second-order valence-corrected chi connectivity index (χ2v) is 6.73. The molecular weight excluding hydrogens is 436 g/mol. The number of hydrogen-bond acceptors (Lipinski definition) is 4. The molecule has 0 aliphatic carbocycles. The number of amides is 2. The summed E-state index contributed by atoms with van der Waals surface area (Å²) in [7, 11) is 0. The van der Waals surface area contributed by atoms with E-state index in [0.717, 1.165) is 0 Å². The third-order valence-electron chi connectivity index (χ3n) is 3.49. The molecule has 2 aromatic rings. The van der Waals surface area contributed by atoms with Crippen molar-refractivity contribution in [2.45, 2.75) is 20.3 Å². The highest BCUT2D eigenvalue weighted by atomic mass is 79.9. The predicted molar refractivity (Wildman–Crippen MR) is 107 cm³/mol. The van der Waals surface area contributed by atoms with Gasteiger partial charge in [-0.2, -0.15) is 0 Å². The first-order chi connectivity index (χ1) is 12.9. The zero-order valence-electron chi connectivity index (χ0n) is 15.0. The van der Waals surface area contributed by atoms with Crippen molar-refractivity contribution in [3.63, 3.8) is 0 Å². The Morgan fingerprint density at radius 3 is 2.19 bits per heavy atom. The summed E-state index contributed by atoms with van der Waals surface area (Å²) in [5.41, 5.74) is 5.87. The van der Waals surface area contributed by atoms with Crippen molar-refractivity contribution in [2.24, 2.45) is 0 Å². The van der Waals surface area contributed by atoms with Crippen molar-refractivity contribution in [1.29, 1.82) is 0 Å². The average Bonchev–Trinajstić information content (AvgIpc) is 2.64. The van der Waals surface area contributed by atoms with E-state index in [2.05, 4.69) is 26.8 Å². The first kappa shape index (κ1) is 21.1. The number of halogens is 2. The lowest BCUT2D eigenvalue weighted by Gasteiger charge is -2.14. The van der Waals surface area contributed by atoms with Crippen LogP contribution >= 0.6 is 27.5 Å². The van der Waals surface area contributed by atoms with E-state index in [1.54, 1.807) is 36.4 Å². The molecular formula is C19H20BrClN2O4. The molecule has 0 saturated carbocycles. The Morgan fingerprint density at radius 2 is 1.59 bits per heavy atom. The first-order valence-electron chi connectivity index (χ1n) is 8.37. The molecule has 8 heteroatoms. The molecule has 0 unspecified atom stereocenters. The quantitative estimate of drug-likeness (QED) is 0.621. The van der Waals surface area contributed by atoms with E-state index >= 15 is 0 Å². The Bertz CT molecular complexity index is 812. The van der Waals surface area contributed by atoms with Gasteiger partial charge >= 0.3 is 0 Å². The maximum Gasteiger partial charge on any atom is 0.269 e. The van der Waals surface area contributed by atoms with Gasteiger partial charge in [0, 0.05) is 15.1 Å². The maximum atomic E-state index is 12.2. The molecule has 0 fully saturated rings. The summed E-state index contributed by atoms with van der Waals surface area (Å²) in [6, 6.07) is 9.86. The number of carbonyl (C=O) groups is 2. The Hall–Kier alpha value is -2.25. The van der Waals surface area contributed by atoms with Gasteiger partial charge in [0.15, 0.2) is 11.5 Å². The van der Waals surface area contributed by atoms with Crippen LogP contribution in [0.4, 0.5) is 0 Å². The van der Waals surface area contributed by atoms with Crippen LogP contribution < -0.4 is 20.3 Å². The zero-order valence-corrected chi connectivity index (χ0v) is 17.3. The van der Waals surface area contributed by atoms with Gasteiger partial charge in [0.05, 0.1) is 19.6 Å². The minimum absolute atomic E-state index is 0.0496. The van der Waals surface area contributed by atoms with Gasteiger partial charge in [0.1, 0.15) is 0 Å².